The molecule has 0 bridgehead atoms. The summed E-state index contributed by atoms with van der Waals surface area (Å²) in [6.45, 7) is 0. The average molecular weight is 431 g/mol. The van der Waals surface area contributed by atoms with E-state index in [0.29, 0.717) is 12.1 Å². The fourth-order valence-electron chi connectivity index (χ4n) is 2.38. The first-order chi connectivity index (χ1) is 12.3. The molecule has 1 N–H and O–H groups in total. The van der Waals surface area contributed by atoms with Crippen LogP contribution < -0.4 is 5.32 Å². The third-order valence-corrected chi connectivity index (χ3v) is 4.11. The maximum absolute atomic E-state index is 13.0. The third-order valence-electron chi connectivity index (χ3n) is 3.51. The van der Waals surface area contributed by atoms with Crippen molar-refractivity contribution in [2.75, 3.05) is 7.05 Å². The second kappa shape index (κ2) is 6.69. The van der Waals surface area contributed by atoms with Gasteiger partial charge in [-0.15, -0.1) is 5.11 Å². The summed E-state index contributed by atoms with van der Waals surface area (Å²) in [6, 6.07) is 2.10. The van der Waals surface area contributed by atoms with E-state index in [0.717, 1.165) is 7.05 Å². The molecule has 1 aliphatic rings. The molecule has 0 spiro atoms. The van der Waals surface area contributed by atoms with Crippen LogP contribution in [0.1, 0.15) is 11.1 Å². The smallest absolute Gasteiger partial charge is 0.371 e. The number of nitrogens with one attached hydrogen (secondary N) is 1. The predicted octanol–water partition coefficient (Wildman–Crippen LogP) is 4.76. The zero-order valence-electron chi connectivity index (χ0n) is 12.9. The van der Waals surface area contributed by atoms with Crippen molar-refractivity contribution < 1.29 is 31.1 Å². The van der Waals surface area contributed by atoms with Crippen molar-refractivity contribution in [1.82, 2.24) is 5.32 Å². The molecule has 144 valence electrons. The SMILES string of the molecule is CNC1=C(C(=O)C(F)(F)F)C(C#N)(c2c(Cl)cc(C(F)(F)F)cc2Cl)N=N1. The maximum Gasteiger partial charge on any atom is 0.454 e. The number of hydrogen-bond donors (Lipinski definition) is 1. The van der Waals surface area contributed by atoms with Gasteiger partial charge in [0.1, 0.15) is 6.07 Å². The van der Waals surface area contributed by atoms with E-state index in [9.17, 15) is 36.4 Å². The summed E-state index contributed by atoms with van der Waals surface area (Å²) >= 11 is 11.6. The van der Waals surface area contributed by atoms with Gasteiger partial charge >= 0.3 is 12.4 Å². The molecule has 0 aliphatic carbocycles. The van der Waals surface area contributed by atoms with Gasteiger partial charge in [0.15, 0.2) is 5.82 Å². The zero-order valence-corrected chi connectivity index (χ0v) is 14.4. The molecule has 27 heavy (non-hydrogen) atoms. The summed E-state index contributed by atoms with van der Waals surface area (Å²) < 4.78 is 77.6. The molecular formula is C14H6Cl2F6N4O. The first-order valence-electron chi connectivity index (χ1n) is 6.74. The number of nitrogens with zero attached hydrogens (tertiary/aromatic N) is 3. The van der Waals surface area contributed by atoms with Gasteiger partial charge in [0.25, 0.3) is 5.78 Å². The van der Waals surface area contributed by atoms with Gasteiger partial charge in [0.05, 0.1) is 11.1 Å². The number of benzene rings is 1. The number of nitriles is 1. The first kappa shape index (κ1) is 21.0. The summed E-state index contributed by atoms with van der Waals surface area (Å²) in [5.74, 6) is -3.16. The van der Waals surface area contributed by atoms with Crippen molar-refractivity contribution in [3.63, 3.8) is 0 Å². The Morgan fingerprint density at radius 2 is 1.70 bits per heavy atom. The Hall–Kier alpha value is -2.32. The van der Waals surface area contributed by atoms with Gasteiger partial charge in [-0.3, -0.25) is 4.79 Å². The van der Waals surface area contributed by atoms with E-state index in [-0.39, 0.29) is 0 Å². The van der Waals surface area contributed by atoms with E-state index in [1.807, 2.05) is 0 Å². The van der Waals surface area contributed by atoms with Crippen LogP contribution in [0.3, 0.4) is 0 Å². The van der Waals surface area contributed by atoms with Crippen LogP contribution in [0.15, 0.2) is 33.8 Å². The number of rotatable bonds is 3. The van der Waals surface area contributed by atoms with Gasteiger partial charge in [-0.05, 0) is 12.1 Å². The van der Waals surface area contributed by atoms with Gasteiger partial charge in [0.2, 0.25) is 5.54 Å². The Labute approximate surface area is 157 Å². The quantitative estimate of drug-likeness (QED) is 0.702. The zero-order chi connectivity index (χ0) is 20.8. The third kappa shape index (κ3) is 3.46. The summed E-state index contributed by atoms with van der Waals surface area (Å²) in [4.78, 5) is 11.9. The molecule has 0 amide bonds. The van der Waals surface area contributed by atoms with Crippen LogP contribution in [0.4, 0.5) is 26.3 Å². The van der Waals surface area contributed by atoms with Gasteiger partial charge < -0.3 is 5.32 Å². The van der Waals surface area contributed by atoms with E-state index in [2.05, 4.69) is 15.5 Å². The van der Waals surface area contributed by atoms with Crippen LogP contribution in [0.25, 0.3) is 0 Å². The van der Waals surface area contributed by atoms with E-state index in [1.165, 1.54) is 6.07 Å². The van der Waals surface area contributed by atoms with Crippen LogP contribution in [0.2, 0.25) is 10.0 Å². The molecule has 0 fully saturated rings. The largest absolute Gasteiger partial charge is 0.454 e. The molecule has 5 nitrogen and oxygen atoms in total. The molecule has 0 saturated carbocycles. The van der Waals surface area contributed by atoms with Gasteiger partial charge in [0, 0.05) is 22.7 Å². The Kier molecular flexibility index (Phi) is 5.20. The minimum Gasteiger partial charge on any atom is -0.371 e. The van der Waals surface area contributed by atoms with Crippen molar-refractivity contribution in [2.45, 2.75) is 17.9 Å². The van der Waals surface area contributed by atoms with Gasteiger partial charge in [-0.1, -0.05) is 23.2 Å². The lowest BCUT2D eigenvalue weighted by Crippen LogP contribution is -2.36. The fourth-order valence-corrected chi connectivity index (χ4v) is 3.14. The van der Waals surface area contributed by atoms with Gasteiger partial charge in [-0.2, -0.15) is 36.7 Å². The van der Waals surface area contributed by atoms with Crippen molar-refractivity contribution in [2.24, 2.45) is 10.2 Å². The summed E-state index contributed by atoms with van der Waals surface area (Å²) in [7, 11) is 1.11. The number of Topliss-reactive ketones (excluding diaryl/α,β-unsaturated/α-hetero) is 1. The van der Waals surface area contributed by atoms with Crippen molar-refractivity contribution in [3.05, 3.63) is 44.7 Å². The van der Waals surface area contributed by atoms with Crippen LogP contribution in [-0.2, 0) is 16.5 Å². The normalized spacial score (nSPS) is 20.0. The molecule has 0 saturated heterocycles. The minimum atomic E-state index is -5.42. The van der Waals surface area contributed by atoms with E-state index < -0.39 is 56.2 Å². The molecule has 2 rings (SSSR count). The Morgan fingerprint density at radius 1 is 1.19 bits per heavy atom. The number of azo groups is 1. The topological polar surface area (TPSA) is 77.6 Å². The fraction of sp³-hybridized carbons (Fsp3) is 0.286. The Bertz CT molecular complexity index is 893. The molecule has 1 heterocycles. The summed E-state index contributed by atoms with van der Waals surface area (Å²) in [6.07, 6.45) is -10.3. The predicted molar refractivity (Wildman–Crippen MR) is 80.8 cm³/mol. The van der Waals surface area contributed by atoms with Crippen molar-refractivity contribution >= 4 is 29.0 Å². The Balaban J connectivity index is 2.82. The molecule has 1 unspecified atom stereocenters. The van der Waals surface area contributed by atoms with Crippen LogP contribution >= 0.6 is 23.2 Å². The lowest BCUT2D eigenvalue weighted by atomic mass is 9.82. The minimum absolute atomic E-state index is 0.366. The molecule has 1 aromatic carbocycles. The highest BCUT2D eigenvalue weighted by atomic mass is 35.5. The second-order valence-corrected chi connectivity index (χ2v) is 5.95. The monoisotopic (exact) mass is 430 g/mol. The maximum atomic E-state index is 13.0. The number of ketones is 1. The summed E-state index contributed by atoms with van der Waals surface area (Å²) in [5, 5.41) is 16.8. The second-order valence-electron chi connectivity index (χ2n) is 5.14. The lowest BCUT2D eigenvalue weighted by molar-refractivity contribution is -0.167. The van der Waals surface area contributed by atoms with E-state index in [4.69, 9.17) is 23.2 Å². The highest BCUT2D eigenvalue weighted by Crippen LogP contribution is 2.49. The van der Waals surface area contributed by atoms with Crippen molar-refractivity contribution in [1.29, 1.82) is 5.26 Å². The molecule has 0 aromatic heterocycles. The molecular weight excluding hydrogens is 425 g/mol. The van der Waals surface area contributed by atoms with E-state index >= 15 is 0 Å². The van der Waals surface area contributed by atoms with Crippen molar-refractivity contribution in [3.8, 4) is 6.07 Å². The molecule has 1 atom stereocenters. The van der Waals surface area contributed by atoms with E-state index in [1.54, 1.807) is 0 Å². The van der Waals surface area contributed by atoms with Crippen LogP contribution in [-0.4, -0.2) is 19.0 Å². The average Bonchev–Trinajstić information content (AvgIpc) is 2.91. The number of carbonyl (C=O) groups excluding carboxylic acids is 1. The summed E-state index contributed by atoms with van der Waals surface area (Å²) in [5.41, 5.74) is -6.04. The number of alkyl halides is 6. The molecule has 13 heteroatoms. The van der Waals surface area contributed by atoms with Crippen LogP contribution in [0.5, 0.6) is 0 Å². The standard InChI is InChI=1S/C14H6Cl2F6N4O/c1-24-11-9(10(27)14(20,21)22)12(4-23,26-25-11)8-6(15)2-5(3-7(8)16)13(17,18)19/h2-3,24H,1H3. The Morgan fingerprint density at radius 3 is 2.07 bits per heavy atom. The highest BCUT2D eigenvalue weighted by molar-refractivity contribution is 6.36. The molecule has 1 aliphatic heterocycles. The number of halogens is 8. The highest BCUT2D eigenvalue weighted by Gasteiger charge is 2.56. The number of hydrogen-bond acceptors (Lipinski definition) is 5. The first-order valence-corrected chi connectivity index (χ1v) is 7.50. The molecule has 1 aromatic rings. The van der Waals surface area contributed by atoms with Gasteiger partial charge in [-0.25, -0.2) is 0 Å². The number of carbonyl (C=O) groups is 1. The molecule has 0 radical (unpaired) electrons. The van der Waals surface area contributed by atoms with Crippen LogP contribution in [0, 0.1) is 11.3 Å². The lowest BCUT2D eigenvalue weighted by Gasteiger charge is -2.24.